The molecule has 137 heavy (non-hydrogen) atoms. The Kier molecular flexibility index (Phi) is 24.3. The zero-order valence-corrected chi connectivity index (χ0v) is 76.1. The third kappa shape index (κ3) is 15.7. The van der Waals surface area contributed by atoms with Gasteiger partial charge in [0.05, 0.1) is 4.87 Å². The van der Waals surface area contributed by atoms with Crippen molar-refractivity contribution >= 4 is 53.1 Å². The van der Waals surface area contributed by atoms with Crippen molar-refractivity contribution in [2.45, 2.75) is 105 Å². The number of nitrogens with one attached hydrogen (secondary N) is 1. The van der Waals surface area contributed by atoms with Gasteiger partial charge in [-0.15, -0.1) is 23.2 Å². The van der Waals surface area contributed by atoms with Crippen LogP contribution in [0.3, 0.4) is 0 Å². The van der Waals surface area contributed by atoms with Crippen LogP contribution in [-0.4, -0.2) is 131 Å². The van der Waals surface area contributed by atoms with E-state index in [9.17, 15) is 46.3 Å². The Balaban J connectivity index is 0.000000114. The molecular weight excluding hydrogens is 1800 g/mol. The molecule has 700 valence electrons. The summed E-state index contributed by atoms with van der Waals surface area (Å²) in [5.41, 5.74) is 13.3. The molecule has 3 fully saturated rings. The second kappa shape index (κ2) is 36.9. The van der Waals surface area contributed by atoms with Crippen LogP contribution < -0.4 is 45.9 Å². The highest BCUT2D eigenvalue weighted by Gasteiger charge is 2.63. The first-order valence-corrected chi connectivity index (χ1v) is 47.1. The van der Waals surface area contributed by atoms with E-state index in [2.05, 4.69) is 5.43 Å². The number of carbonyl (C=O) groups is 3. The maximum atomic E-state index is 15.5. The van der Waals surface area contributed by atoms with Crippen molar-refractivity contribution < 1.29 is 69.1 Å². The SMILES string of the molecule is Fc1ccc2c(c1F)CC1(Cl)Cc3ccccc3C21Cl.O=C1c2c(OCc3ccccc3)c(=O)ccn2N(C23C(=Cc4c2ccc(F)c4F)Cc2ccccc23)CN1CC1CCOCC1.O=C1c2c(OCc3ccccc3)c(=O)ccn2N(C23C(=Cc4ccccc42)Cc2c3ccc(F)c2F)CN1CC1CCOCC1.O=C1c2c(OCc3ccccc3)c(=O)ccn2NCN1CC1CCOCC1. The van der Waals surface area contributed by atoms with Crippen LogP contribution in [-0.2, 0) is 75.7 Å². The topological polar surface area (TPSA) is 201 Å². The summed E-state index contributed by atoms with van der Waals surface area (Å²) in [4.78, 5) is 84.7. The highest BCUT2D eigenvalue weighted by molar-refractivity contribution is 6.38. The largest absolute Gasteiger partial charge is 0.482 e. The molecule has 3 amide bonds. The van der Waals surface area contributed by atoms with Gasteiger partial charge in [-0.05, 0) is 183 Å². The fraction of sp³-hybridized carbons (Fsp3) is 0.296. The van der Waals surface area contributed by atoms with Crippen molar-refractivity contribution in [2.24, 2.45) is 17.8 Å². The van der Waals surface area contributed by atoms with Gasteiger partial charge in [-0.3, -0.25) is 52.8 Å². The number of carbonyl (C=O) groups excluding carboxylic acids is 3. The minimum atomic E-state index is -1.05. The zero-order valence-electron chi connectivity index (χ0n) is 74.6. The Bertz CT molecular complexity index is 6890. The lowest BCUT2D eigenvalue weighted by atomic mass is 9.83. The number of halogens is 8. The maximum Gasteiger partial charge on any atom is 0.277 e. The van der Waals surface area contributed by atoms with Gasteiger partial charge >= 0.3 is 0 Å². The van der Waals surface area contributed by atoms with Crippen LogP contribution in [0.4, 0.5) is 26.3 Å². The summed E-state index contributed by atoms with van der Waals surface area (Å²) in [6.45, 7) is 6.72. The fourth-order valence-electron chi connectivity index (χ4n) is 22.1. The number of hydrogen-bond donors (Lipinski definition) is 1. The predicted molar refractivity (Wildman–Crippen MR) is 505 cm³/mol. The van der Waals surface area contributed by atoms with Crippen molar-refractivity contribution in [3.05, 3.63) is 414 Å². The standard InChI is InChI=1S/2C36H31F2N3O4.C20H23N3O4.C16H10Cl2F2/c2*37-30-11-10-29-27(32(30)38)19-26-18-25-8-4-5-9-28(25)36(26,29)41-22-39(20-23-13-16-44-17-14-23)35(43)33-34(31(42)12-15-40(33)41)45-21-24-6-2-1-3-7-24;24-17-6-9-23-18(19(17)27-13-16-4-2-1-3-5-16)20(25)22(14-21-23)12-15-7-10-26-11-8-15;17-15-7-9-3-1-2-4-11(9)16(15,18)12-5-6-13(19)14(20)10(12)8-15/h1-12,15,19,23H,13-14,16-18,20-22H2;1-12,15,18,23H,13-14,16-17,19-22H2;1-6,9,15,21H,7-8,10-14H2;1-6H,7-8H2. The van der Waals surface area contributed by atoms with E-state index in [4.69, 9.17) is 51.6 Å². The molecule has 0 saturated carbocycles. The van der Waals surface area contributed by atoms with Gasteiger partial charge in [0, 0.05) is 114 Å². The number of amides is 3. The van der Waals surface area contributed by atoms with Crippen LogP contribution in [0, 0.1) is 52.7 Å². The van der Waals surface area contributed by atoms with E-state index in [1.165, 1.54) is 30.3 Å². The highest BCUT2D eigenvalue weighted by atomic mass is 35.5. The van der Waals surface area contributed by atoms with Gasteiger partial charge in [0.1, 0.15) is 55.8 Å². The molecule has 0 bridgehead atoms. The molecule has 9 heterocycles. The van der Waals surface area contributed by atoms with Crippen LogP contribution in [0.1, 0.15) is 153 Å². The lowest BCUT2D eigenvalue weighted by Crippen LogP contribution is -2.63. The number of benzene rings is 9. The third-order valence-electron chi connectivity index (χ3n) is 28.8. The molecule has 0 radical (unpaired) electrons. The molecule has 24 rings (SSSR count). The summed E-state index contributed by atoms with van der Waals surface area (Å²) < 4.78 is 127. The normalized spacial score (nSPS) is 21.2. The summed E-state index contributed by atoms with van der Waals surface area (Å²) in [6, 6.07) is 64.7. The summed E-state index contributed by atoms with van der Waals surface area (Å²) in [5, 5.41) is 4.05. The van der Waals surface area contributed by atoms with E-state index in [-0.39, 0.29) is 121 Å². The molecule has 3 saturated heterocycles. The second-order valence-corrected chi connectivity index (χ2v) is 38.0. The minimum Gasteiger partial charge on any atom is -0.482 e. The average Bonchev–Trinajstić information content (AvgIpc) is 1.53. The molecule has 4 atom stereocenters. The van der Waals surface area contributed by atoms with E-state index in [1.807, 2.05) is 180 Å². The molecule has 29 heteroatoms. The fourth-order valence-corrected chi connectivity index (χ4v) is 23.1. The summed E-state index contributed by atoms with van der Waals surface area (Å²) >= 11 is 13.6. The molecule has 0 spiro atoms. The summed E-state index contributed by atoms with van der Waals surface area (Å²) in [6.07, 6.45) is 15.3. The number of nitrogens with zero attached hydrogens (tertiary/aromatic N) is 8. The van der Waals surface area contributed by atoms with Gasteiger partial charge in [-0.25, -0.2) is 26.3 Å². The molecule has 1 N–H and O–H groups in total. The average molecular weight is 1900 g/mol. The van der Waals surface area contributed by atoms with Crippen LogP contribution in [0.25, 0.3) is 12.2 Å². The number of rotatable bonds is 17. The number of aromatic nitrogens is 3. The Hall–Kier alpha value is -13.4. The number of hydrogen-bond acceptors (Lipinski definition) is 15. The molecule has 12 aromatic rings. The summed E-state index contributed by atoms with van der Waals surface area (Å²) in [7, 11) is 0. The molecule has 3 aromatic heterocycles. The molecular formula is C108H95Cl2F6N9O12. The number of fused-ring (bicyclic) bond motifs is 18. The van der Waals surface area contributed by atoms with Crippen LogP contribution in [0.15, 0.2) is 263 Å². The van der Waals surface area contributed by atoms with Gasteiger partial charge in [-0.2, -0.15) is 0 Å². The highest BCUT2D eigenvalue weighted by Crippen LogP contribution is 2.64. The Labute approximate surface area is 795 Å². The van der Waals surface area contributed by atoms with Crippen molar-refractivity contribution in [1.29, 1.82) is 0 Å². The smallest absolute Gasteiger partial charge is 0.277 e. The Morgan fingerprint density at radius 3 is 1.33 bits per heavy atom. The van der Waals surface area contributed by atoms with Crippen molar-refractivity contribution in [2.75, 3.05) is 94.7 Å². The second-order valence-electron chi connectivity index (χ2n) is 36.7. The van der Waals surface area contributed by atoms with Gasteiger partial charge in [0.25, 0.3) is 17.7 Å². The number of pyridine rings is 3. The van der Waals surface area contributed by atoms with Gasteiger partial charge < -0.3 is 48.5 Å². The molecule has 12 aliphatic rings. The first kappa shape index (κ1) is 90.1. The van der Waals surface area contributed by atoms with E-state index in [0.29, 0.717) is 99.3 Å². The van der Waals surface area contributed by atoms with Gasteiger partial charge in [-0.1, -0.05) is 188 Å². The number of ether oxygens (including phenoxy) is 6. The lowest BCUT2D eigenvalue weighted by Gasteiger charge is -2.50. The molecule has 6 aliphatic heterocycles. The van der Waals surface area contributed by atoms with Crippen molar-refractivity contribution in [3.63, 3.8) is 0 Å². The van der Waals surface area contributed by atoms with E-state index in [0.717, 1.165) is 119 Å². The van der Waals surface area contributed by atoms with E-state index in [1.54, 1.807) is 71.6 Å². The van der Waals surface area contributed by atoms with Gasteiger partial charge in [0.2, 0.25) is 16.3 Å². The zero-order chi connectivity index (χ0) is 94.2. The van der Waals surface area contributed by atoms with Crippen LogP contribution in [0.5, 0.6) is 17.2 Å². The first-order chi connectivity index (χ1) is 66.6. The predicted octanol–water partition coefficient (Wildman–Crippen LogP) is 17.1. The maximum absolute atomic E-state index is 15.5. The van der Waals surface area contributed by atoms with Crippen molar-refractivity contribution in [1.82, 2.24) is 28.7 Å². The molecule has 21 nitrogen and oxygen atoms in total. The monoisotopic (exact) mass is 1890 g/mol. The molecule has 9 aromatic carbocycles. The molecule has 6 aliphatic carbocycles. The minimum absolute atomic E-state index is 0.0373. The van der Waals surface area contributed by atoms with E-state index >= 15 is 8.78 Å². The van der Waals surface area contributed by atoms with Crippen molar-refractivity contribution in [3.8, 4) is 17.2 Å². The van der Waals surface area contributed by atoms with E-state index < -0.39 is 66.6 Å². The van der Waals surface area contributed by atoms with Gasteiger partial charge in [0.15, 0.2) is 69.2 Å². The third-order valence-corrected chi connectivity index (χ3v) is 30.2. The Morgan fingerprint density at radius 1 is 0.380 bits per heavy atom. The quantitative estimate of drug-likeness (QED) is 0.0666. The first-order valence-electron chi connectivity index (χ1n) is 46.3. The van der Waals surface area contributed by atoms with Crippen LogP contribution >= 0.6 is 23.2 Å². The lowest BCUT2D eigenvalue weighted by molar-refractivity contribution is 0.0397. The number of alkyl halides is 2. The Morgan fingerprint density at radius 2 is 0.796 bits per heavy atom. The molecule has 4 unspecified atom stereocenters. The van der Waals surface area contributed by atoms with Crippen LogP contribution in [0.2, 0.25) is 0 Å². The summed E-state index contributed by atoms with van der Waals surface area (Å²) in [5.74, 6) is -5.18.